The minimum Gasteiger partial charge on any atom is -0.454 e. The minimum atomic E-state index is -0.416. The van der Waals surface area contributed by atoms with E-state index < -0.39 is 4.92 Å². The second kappa shape index (κ2) is 5.12. The van der Waals surface area contributed by atoms with Gasteiger partial charge in [0.2, 0.25) is 6.79 Å². The van der Waals surface area contributed by atoms with E-state index in [1.807, 2.05) is 0 Å². The van der Waals surface area contributed by atoms with E-state index in [2.05, 4.69) is 19.2 Å². The van der Waals surface area contributed by atoms with Crippen LogP contribution in [0.5, 0.6) is 11.5 Å². The van der Waals surface area contributed by atoms with Gasteiger partial charge < -0.3 is 14.8 Å². The largest absolute Gasteiger partial charge is 0.454 e. The molecule has 98 valence electrons. The number of rotatable bonds is 5. The molecule has 6 nitrogen and oxygen atoms in total. The lowest BCUT2D eigenvalue weighted by atomic mass is 10.1. The van der Waals surface area contributed by atoms with Crippen LogP contribution in [0.3, 0.4) is 0 Å². The number of anilines is 1. The first-order valence-electron chi connectivity index (χ1n) is 5.93. The highest BCUT2D eigenvalue weighted by atomic mass is 16.7. The predicted molar refractivity (Wildman–Crippen MR) is 67.2 cm³/mol. The van der Waals surface area contributed by atoms with E-state index in [0.29, 0.717) is 29.6 Å². The third kappa shape index (κ3) is 2.47. The Hall–Kier alpha value is -1.98. The van der Waals surface area contributed by atoms with Gasteiger partial charge >= 0.3 is 0 Å². The van der Waals surface area contributed by atoms with E-state index in [-0.39, 0.29) is 12.5 Å². The Bertz CT molecular complexity index is 462. The number of nitro groups is 1. The van der Waals surface area contributed by atoms with Crippen LogP contribution in [0.4, 0.5) is 11.4 Å². The summed E-state index contributed by atoms with van der Waals surface area (Å²) < 4.78 is 10.4. The van der Waals surface area contributed by atoms with E-state index in [1.165, 1.54) is 6.07 Å². The summed E-state index contributed by atoms with van der Waals surface area (Å²) in [4.78, 5) is 10.6. The second-order valence-electron chi connectivity index (χ2n) is 4.37. The van der Waals surface area contributed by atoms with Crippen LogP contribution >= 0.6 is 0 Å². The average molecular weight is 252 g/mol. The van der Waals surface area contributed by atoms with Crippen molar-refractivity contribution in [2.75, 3.05) is 18.7 Å². The lowest BCUT2D eigenvalue weighted by Gasteiger charge is -2.12. The standard InChI is InChI=1S/C12H16N2O4/c1-3-8(2)6-13-9-4-11-12(18-7-17-11)5-10(9)14(15)16/h4-5,8,13H,3,6-7H2,1-2H3. The quantitative estimate of drug-likeness (QED) is 0.644. The number of ether oxygens (including phenoxy) is 2. The van der Waals surface area contributed by atoms with Crippen LogP contribution in [0, 0.1) is 16.0 Å². The van der Waals surface area contributed by atoms with E-state index in [9.17, 15) is 10.1 Å². The third-order valence-electron chi connectivity index (χ3n) is 3.03. The average Bonchev–Trinajstić information content (AvgIpc) is 2.81. The predicted octanol–water partition coefficient (Wildman–Crippen LogP) is 2.78. The molecular formula is C12H16N2O4. The van der Waals surface area contributed by atoms with Crippen molar-refractivity contribution in [3.63, 3.8) is 0 Å². The number of nitrogens with zero attached hydrogens (tertiary/aromatic N) is 1. The molecule has 0 aromatic heterocycles. The first-order valence-corrected chi connectivity index (χ1v) is 5.93. The van der Waals surface area contributed by atoms with Crippen molar-refractivity contribution in [1.82, 2.24) is 0 Å². The number of hydrogen-bond donors (Lipinski definition) is 1. The van der Waals surface area contributed by atoms with Crippen LogP contribution in [-0.2, 0) is 0 Å². The third-order valence-corrected chi connectivity index (χ3v) is 3.03. The van der Waals surface area contributed by atoms with Gasteiger partial charge in [0.05, 0.1) is 11.0 Å². The topological polar surface area (TPSA) is 73.6 Å². The monoisotopic (exact) mass is 252 g/mol. The molecule has 6 heteroatoms. The lowest BCUT2D eigenvalue weighted by Crippen LogP contribution is -2.11. The number of fused-ring (bicyclic) bond motifs is 1. The van der Waals surface area contributed by atoms with Crippen molar-refractivity contribution in [2.24, 2.45) is 5.92 Å². The first kappa shape index (κ1) is 12.5. The second-order valence-corrected chi connectivity index (χ2v) is 4.37. The maximum Gasteiger partial charge on any atom is 0.296 e. The van der Waals surface area contributed by atoms with E-state index in [0.717, 1.165) is 6.42 Å². The van der Waals surface area contributed by atoms with Crippen LogP contribution < -0.4 is 14.8 Å². The van der Waals surface area contributed by atoms with E-state index in [1.54, 1.807) is 6.07 Å². The molecule has 1 unspecified atom stereocenters. The van der Waals surface area contributed by atoms with Crippen molar-refractivity contribution in [3.8, 4) is 11.5 Å². The molecule has 1 aliphatic rings. The summed E-state index contributed by atoms with van der Waals surface area (Å²) in [5, 5.41) is 14.1. The highest BCUT2D eigenvalue weighted by molar-refractivity contribution is 5.68. The Morgan fingerprint density at radius 2 is 2.11 bits per heavy atom. The van der Waals surface area contributed by atoms with Crippen molar-refractivity contribution in [3.05, 3.63) is 22.2 Å². The molecule has 0 amide bonds. The zero-order chi connectivity index (χ0) is 13.1. The zero-order valence-corrected chi connectivity index (χ0v) is 10.4. The van der Waals surface area contributed by atoms with Crippen LogP contribution in [0.2, 0.25) is 0 Å². The molecule has 0 bridgehead atoms. The van der Waals surface area contributed by atoms with E-state index in [4.69, 9.17) is 9.47 Å². The molecule has 1 heterocycles. The molecule has 0 spiro atoms. The van der Waals surface area contributed by atoms with Gasteiger partial charge in [-0.15, -0.1) is 0 Å². The van der Waals surface area contributed by atoms with Gasteiger partial charge in [-0.3, -0.25) is 10.1 Å². The molecule has 0 saturated heterocycles. The number of nitrogens with one attached hydrogen (secondary N) is 1. The maximum absolute atomic E-state index is 11.0. The SMILES string of the molecule is CCC(C)CNc1cc2c(cc1[N+](=O)[O-])OCO2. The molecule has 1 aliphatic heterocycles. The number of nitro benzene ring substituents is 1. The first-order chi connectivity index (χ1) is 8.61. The van der Waals surface area contributed by atoms with Gasteiger partial charge in [-0.1, -0.05) is 20.3 Å². The molecule has 0 fully saturated rings. The molecule has 1 aromatic rings. The Labute approximate surface area is 105 Å². The minimum absolute atomic E-state index is 0.0163. The van der Waals surface area contributed by atoms with E-state index >= 15 is 0 Å². The van der Waals surface area contributed by atoms with Crippen molar-refractivity contribution in [1.29, 1.82) is 0 Å². The Kier molecular flexibility index (Phi) is 3.55. The van der Waals surface area contributed by atoms with Crippen LogP contribution in [0.1, 0.15) is 20.3 Å². The Morgan fingerprint density at radius 1 is 1.44 bits per heavy atom. The molecule has 0 radical (unpaired) electrons. The summed E-state index contributed by atoms with van der Waals surface area (Å²) in [7, 11) is 0. The van der Waals surface area contributed by atoms with Gasteiger partial charge in [-0.25, -0.2) is 0 Å². The van der Waals surface area contributed by atoms with Gasteiger partial charge in [0, 0.05) is 12.6 Å². The van der Waals surface area contributed by atoms with Gasteiger partial charge in [-0.05, 0) is 5.92 Å². The molecule has 1 atom stereocenters. The maximum atomic E-state index is 11.0. The summed E-state index contributed by atoms with van der Waals surface area (Å²) >= 11 is 0. The summed E-state index contributed by atoms with van der Waals surface area (Å²) in [6.07, 6.45) is 1.02. The van der Waals surface area contributed by atoms with Crippen LogP contribution in [-0.4, -0.2) is 18.3 Å². The normalized spacial score (nSPS) is 14.3. The smallest absolute Gasteiger partial charge is 0.296 e. The highest BCUT2D eigenvalue weighted by Gasteiger charge is 2.23. The summed E-state index contributed by atoms with van der Waals surface area (Å²) in [5.74, 6) is 1.43. The van der Waals surface area contributed by atoms with Gasteiger partial charge in [0.1, 0.15) is 5.69 Å². The fourth-order valence-corrected chi connectivity index (χ4v) is 1.65. The number of hydrogen-bond acceptors (Lipinski definition) is 5. The molecule has 18 heavy (non-hydrogen) atoms. The summed E-state index contributed by atoms with van der Waals surface area (Å²) in [6.45, 7) is 4.98. The lowest BCUT2D eigenvalue weighted by molar-refractivity contribution is -0.384. The van der Waals surface area contributed by atoms with Crippen LogP contribution in [0.25, 0.3) is 0 Å². The van der Waals surface area contributed by atoms with Gasteiger partial charge in [0.25, 0.3) is 5.69 Å². The van der Waals surface area contributed by atoms with Gasteiger partial charge in [-0.2, -0.15) is 0 Å². The fourth-order valence-electron chi connectivity index (χ4n) is 1.65. The molecular weight excluding hydrogens is 236 g/mol. The molecule has 0 aliphatic carbocycles. The van der Waals surface area contributed by atoms with Gasteiger partial charge in [0.15, 0.2) is 11.5 Å². The molecule has 1 aromatic carbocycles. The molecule has 1 N–H and O–H groups in total. The fraction of sp³-hybridized carbons (Fsp3) is 0.500. The Balaban J connectivity index is 2.24. The van der Waals surface area contributed by atoms with Crippen molar-refractivity contribution < 1.29 is 14.4 Å². The highest BCUT2D eigenvalue weighted by Crippen LogP contribution is 2.40. The van der Waals surface area contributed by atoms with Crippen LogP contribution in [0.15, 0.2) is 12.1 Å². The molecule has 2 rings (SSSR count). The summed E-state index contributed by atoms with van der Waals surface area (Å²) in [5.41, 5.74) is 0.493. The Morgan fingerprint density at radius 3 is 2.72 bits per heavy atom. The zero-order valence-electron chi connectivity index (χ0n) is 10.4. The summed E-state index contributed by atoms with van der Waals surface area (Å²) in [6, 6.07) is 3.03. The van der Waals surface area contributed by atoms with Crippen molar-refractivity contribution in [2.45, 2.75) is 20.3 Å². The molecule has 0 saturated carbocycles. The van der Waals surface area contributed by atoms with Crippen molar-refractivity contribution >= 4 is 11.4 Å². The number of benzene rings is 1.